The maximum Gasteiger partial charge on any atom is 0.226 e. The summed E-state index contributed by atoms with van der Waals surface area (Å²) in [6.45, 7) is 2.35. The van der Waals surface area contributed by atoms with E-state index < -0.39 is 9.84 Å². The molecule has 1 amide bonds. The van der Waals surface area contributed by atoms with Gasteiger partial charge in [0.05, 0.1) is 11.5 Å². The number of nitrogens with zero attached hydrogens (tertiary/aromatic N) is 3. The average Bonchev–Trinajstić information content (AvgIpc) is 3.43. The van der Waals surface area contributed by atoms with Gasteiger partial charge in [-0.2, -0.15) is 0 Å². The third-order valence-corrected chi connectivity index (χ3v) is 7.73. The molecular formula is C19H27N3O3S. The fraction of sp³-hybridized carbons (Fsp3) is 0.684. The van der Waals surface area contributed by atoms with Gasteiger partial charge in [0.15, 0.2) is 9.84 Å². The number of hydrogen-bond donors (Lipinski definition) is 0. The molecule has 0 bridgehead atoms. The monoisotopic (exact) mass is 377 g/mol. The van der Waals surface area contributed by atoms with Gasteiger partial charge in [-0.15, -0.1) is 0 Å². The Labute approximate surface area is 155 Å². The van der Waals surface area contributed by atoms with E-state index in [4.69, 9.17) is 0 Å². The molecule has 1 aromatic heterocycles. The first kappa shape index (κ1) is 17.9. The molecule has 3 aliphatic rings. The van der Waals surface area contributed by atoms with Gasteiger partial charge in [-0.1, -0.05) is 0 Å². The summed E-state index contributed by atoms with van der Waals surface area (Å²) in [4.78, 5) is 21.5. The normalized spacial score (nSPS) is 26.7. The molecule has 7 heteroatoms. The van der Waals surface area contributed by atoms with Crippen molar-refractivity contribution in [3.05, 3.63) is 30.1 Å². The van der Waals surface area contributed by atoms with Crippen molar-refractivity contribution in [1.29, 1.82) is 0 Å². The van der Waals surface area contributed by atoms with Crippen molar-refractivity contribution in [3.8, 4) is 0 Å². The van der Waals surface area contributed by atoms with Gasteiger partial charge in [0, 0.05) is 36.9 Å². The topological polar surface area (TPSA) is 70.6 Å². The van der Waals surface area contributed by atoms with E-state index in [1.54, 1.807) is 12.4 Å². The molecule has 3 heterocycles. The summed E-state index contributed by atoms with van der Waals surface area (Å²) < 4.78 is 23.4. The summed E-state index contributed by atoms with van der Waals surface area (Å²) in [5, 5.41) is 0. The molecule has 0 aromatic carbocycles. The second-order valence-corrected chi connectivity index (χ2v) is 10.1. The smallest absolute Gasteiger partial charge is 0.226 e. The molecule has 0 radical (unpaired) electrons. The molecule has 1 aromatic rings. The molecule has 26 heavy (non-hydrogen) atoms. The zero-order chi connectivity index (χ0) is 18.1. The highest BCUT2D eigenvalue weighted by molar-refractivity contribution is 7.91. The predicted molar refractivity (Wildman–Crippen MR) is 99.2 cm³/mol. The van der Waals surface area contributed by atoms with Crippen molar-refractivity contribution in [2.75, 3.05) is 24.6 Å². The Bertz CT molecular complexity index is 741. The predicted octanol–water partition coefficient (Wildman–Crippen LogP) is 1.47. The van der Waals surface area contributed by atoms with Crippen LogP contribution in [0.5, 0.6) is 0 Å². The first-order valence-corrected chi connectivity index (χ1v) is 11.5. The highest BCUT2D eigenvalue weighted by Gasteiger charge is 2.39. The van der Waals surface area contributed by atoms with Crippen LogP contribution in [0.25, 0.3) is 0 Å². The molecule has 1 aliphatic carbocycles. The van der Waals surface area contributed by atoms with Crippen LogP contribution in [0.4, 0.5) is 0 Å². The maximum absolute atomic E-state index is 13.1. The number of carbonyl (C=O) groups excluding carboxylic acids is 1. The Morgan fingerprint density at radius 2 is 1.81 bits per heavy atom. The Balaban J connectivity index is 1.35. The second-order valence-electron chi connectivity index (χ2n) is 7.92. The number of aromatic nitrogens is 1. The van der Waals surface area contributed by atoms with Crippen LogP contribution in [0.3, 0.4) is 0 Å². The highest BCUT2D eigenvalue weighted by Crippen LogP contribution is 2.32. The SMILES string of the molecule is O=C(C1CCN(C2CCS(=O)(=O)C2)CC1)N(Cc1ccncc1)C1CC1. The van der Waals surface area contributed by atoms with Crippen LogP contribution < -0.4 is 0 Å². The van der Waals surface area contributed by atoms with Crippen LogP contribution in [-0.4, -0.2) is 65.8 Å². The standard InChI is InChI=1S/C19H27N3O3S/c23-19(22(17-1-2-17)13-15-3-8-20-9-4-15)16-5-10-21(11-6-16)18-7-12-26(24,25)14-18/h3-4,8-9,16-18H,1-2,5-7,10-14H2. The Kier molecular flexibility index (Phi) is 5.01. The maximum atomic E-state index is 13.1. The first-order valence-electron chi connectivity index (χ1n) is 9.66. The number of likely N-dealkylation sites (tertiary alicyclic amines) is 1. The third kappa shape index (κ3) is 4.09. The number of pyridine rings is 1. The Hall–Kier alpha value is -1.47. The molecular weight excluding hydrogens is 350 g/mol. The van der Waals surface area contributed by atoms with E-state index in [9.17, 15) is 13.2 Å². The minimum Gasteiger partial charge on any atom is -0.335 e. The Morgan fingerprint density at radius 1 is 1.12 bits per heavy atom. The quantitative estimate of drug-likeness (QED) is 0.777. The number of amides is 1. The number of rotatable bonds is 5. The van der Waals surface area contributed by atoms with Gasteiger partial charge in [-0.25, -0.2) is 8.42 Å². The van der Waals surface area contributed by atoms with E-state index in [1.165, 1.54) is 0 Å². The lowest BCUT2D eigenvalue weighted by Crippen LogP contribution is -2.46. The molecule has 2 saturated heterocycles. The van der Waals surface area contributed by atoms with Crippen molar-refractivity contribution in [3.63, 3.8) is 0 Å². The van der Waals surface area contributed by atoms with E-state index in [0.29, 0.717) is 24.1 Å². The summed E-state index contributed by atoms with van der Waals surface area (Å²) in [6, 6.07) is 4.51. The summed E-state index contributed by atoms with van der Waals surface area (Å²) in [7, 11) is -2.85. The van der Waals surface area contributed by atoms with E-state index in [-0.39, 0.29) is 17.9 Å². The highest BCUT2D eigenvalue weighted by atomic mass is 32.2. The van der Waals surface area contributed by atoms with Gasteiger partial charge in [0.1, 0.15) is 0 Å². The van der Waals surface area contributed by atoms with E-state index in [1.807, 2.05) is 12.1 Å². The minimum absolute atomic E-state index is 0.0756. The molecule has 2 aliphatic heterocycles. The number of piperidine rings is 1. The third-order valence-electron chi connectivity index (χ3n) is 5.98. The summed E-state index contributed by atoms with van der Waals surface area (Å²) in [6.07, 6.45) is 8.20. The molecule has 0 spiro atoms. The van der Waals surface area contributed by atoms with Crippen LogP contribution in [0.1, 0.15) is 37.7 Å². The second kappa shape index (κ2) is 7.27. The molecule has 6 nitrogen and oxygen atoms in total. The zero-order valence-corrected chi connectivity index (χ0v) is 15.9. The number of sulfone groups is 1. The Morgan fingerprint density at radius 3 is 2.38 bits per heavy atom. The lowest BCUT2D eigenvalue weighted by Gasteiger charge is -2.37. The van der Waals surface area contributed by atoms with Gasteiger partial charge in [-0.3, -0.25) is 14.7 Å². The number of carbonyl (C=O) groups is 1. The lowest BCUT2D eigenvalue weighted by molar-refractivity contribution is -0.138. The van der Waals surface area contributed by atoms with Gasteiger partial charge in [0.2, 0.25) is 5.91 Å². The fourth-order valence-corrected chi connectivity index (χ4v) is 6.03. The van der Waals surface area contributed by atoms with Gasteiger partial charge in [0.25, 0.3) is 0 Å². The summed E-state index contributed by atoms with van der Waals surface area (Å²) >= 11 is 0. The molecule has 1 atom stereocenters. The van der Waals surface area contributed by atoms with Gasteiger partial charge >= 0.3 is 0 Å². The van der Waals surface area contributed by atoms with E-state index in [0.717, 1.165) is 50.8 Å². The molecule has 1 saturated carbocycles. The van der Waals surface area contributed by atoms with Crippen LogP contribution >= 0.6 is 0 Å². The fourth-order valence-electron chi connectivity index (χ4n) is 4.27. The van der Waals surface area contributed by atoms with Crippen molar-refractivity contribution in [2.45, 2.75) is 50.7 Å². The van der Waals surface area contributed by atoms with Gasteiger partial charge < -0.3 is 4.90 Å². The van der Waals surface area contributed by atoms with E-state index >= 15 is 0 Å². The molecule has 3 fully saturated rings. The van der Waals surface area contributed by atoms with Crippen LogP contribution in [0.15, 0.2) is 24.5 Å². The number of hydrogen-bond acceptors (Lipinski definition) is 5. The van der Waals surface area contributed by atoms with Crippen molar-refractivity contribution < 1.29 is 13.2 Å². The average molecular weight is 378 g/mol. The van der Waals surface area contributed by atoms with Crippen LogP contribution in [0, 0.1) is 5.92 Å². The van der Waals surface area contributed by atoms with Crippen molar-refractivity contribution >= 4 is 15.7 Å². The zero-order valence-electron chi connectivity index (χ0n) is 15.1. The van der Waals surface area contributed by atoms with Gasteiger partial charge in [-0.05, 0) is 62.9 Å². The van der Waals surface area contributed by atoms with E-state index in [2.05, 4.69) is 14.8 Å². The van der Waals surface area contributed by atoms with Crippen LogP contribution in [-0.2, 0) is 21.2 Å². The van der Waals surface area contributed by atoms with Crippen molar-refractivity contribution in [2.24, 2.45) is 5.92 Å². The minimum atomic E-state index is -2.85. The lowest BCUT2D eigenvalue weighted by atomic mass is 9.93. The first-order chi connectivity index (χ1) is 12.5. The summed E-state index contributed by atoms with van der Waals surface area (Å²) in [5.74, 6) is 0.967. The molecule has 4 rings (SSSR count). The molecule has 0 N–H and O–H groups in total. The molecule has 142 valence electrons. The summed E-state index contributed by atoms with van der Waals surface area (Å²) in [5.41, 5.74) is 1.13. The van der Waals surface area contributed by atoms with Crippen LogP contribution in [0.2, 0.25) is 0 Å². The largest absolute Gasteiger partial charge is 0.335 e. The van der Waals surface area contributed by atoms with Crippen molar-refractivity contribution in [1.82, 2.24) is 14.8 Å². The molecule has 1 unspecified atom stereocenters.